The molecule has 0 fully saturated rings. The maximum Gasteiger partial charge on any atom is 0.150 e. The number of aromatic nitrogens is 2. The van der Waals surface area contributed by atoms with Crippen molar-refractivity contribution in [3.05, 3.63) is 29.9 Å². The SMILES string of the molecule is CNC(C)CC(C)n1ccnc1-c1cccs1. The maximum absolute atomic E-state index is 4.47. The summed E-state index contributed by atoms with van der Waals surface area (Å²) < 4.78 is 2.26. The fraction of sp³-hybridized carbons (Fsp3) is 0.462. The lowest BCUT2D eigenvalue weighted by Crippen LogP contribution is -2.24. The molecule has 0 saturated heterocycles. The molecule has 0 aliphatic carbocycles. The molecule has 0 aliphatic rings. The van der Waals surface area contributed by atoms with Gasteiger partial charge in [0, 0.05) is 24.5 Å². The summed E-state index contributed by atoms with van der Waals surface area (Å²) in [7, 11) is 2.01. The molecule has 0 amide bonds. The van der Waals surface area contributed by atoms with Crippen LogP contribution in [0.4, 0.5) is 0 Å². The minimum atomic E-state index is 0.456. The first kappa shape index (κ1) is 12.3. The molecule has 3 nitrogen and oxygen atoms in total. The van der Waals surface area contributed by atoms with Crippen molar-refractivity contribution >= 4 is 11.3 Å². The van der Waals surface area contributed by atoms with Gasteiger partial charge in [0.15, 0.2) is 0 Å². The van der Waals surface area contributed by atoms with E-state index in [0.717, 1.165) is 12.2 Å². The molecular formula is C13H19N3S. The second-order valence-electron chi connectivity index (χ2n) is 4.41. The van der Waals surface area contributed by atoms with Gasteiger partial charge in [0.05, 0.1) is 4.88 Å². The average molecular weight is 249 g/mol. The Morgan fingerprint density at radius 1 is 1.47 bits per heavy atom. The Hall–Kier alpha value is -1.13. The van der Waals surface area contributed by atoms with Crippen molar-refractivity contribution in [2.75, 3.05) is 7.05 Å². The zero-order valence-corrected chi connectivity index (χ0v) is 11.4. The van der Waals surface area contributed by atoms with Crippen LogP contribution < -0.4 is 5.32 Å². The van der Waals surface area contributed by atoms with Gasteiger partial charge in [-0.1, -0.05) is 6.07 Å². The molecule has 92 valence electrons. The summed E-state index contributed by atoms with van der Waals surface area (Å²) in [4.78, 5) is 5.70. The third-order valence-corrected chi connectivity index (χ3v) is 3.94. The third-order valence-electron chi connectivity index (χ3n) is 3.07. The van der Waals surface area contributed by atoms with E-state index in [4.69, 9.17) is 0 Å². The molecule has 2 rings (SSSR count). The highest BCUT2D eigenvalue weighted by atomic mass is 32.1. The van der Waals surface area contributed by atoms with Crippen molar-refractivity contribution in [2.45, 2.75) is 32.4 Å². The highest BCUT2D eigenvalue weighted by Gasteiger charge is 2.14. The molecule has 1 N–H and O–H groups in total. The molecule has 0 aliphatic heterocycles. The van der Waals surface area contributed by atoms with Crippen LogP contribution in [-0.2, 0) is 0 Å². The summed E-state index contributed by atoms with van der Waals surface area (Å²) in [5.74, 6) is 1.08. The molecular weight excluding hydrogens is 230 g/mol. The molecule has 2 aromatic rings. The van der Waals surface area contributed by atoms with E-state index in [1.807, 2.05) is 13.2 Å². The van der Waals surface area contributed by atoms with Crippen LogP contribution in [0.15, 0.2) is 29.9 Å². The molecule has 0 radical (unpaired) electrons. The zero-order valence-electron chi connectivity index (χ0n) is 10.6. The van der Waals surface area contributed by atoms with Crippen LogP contribution in [0.5, 0.6) is 0 Å². The van der Waals surface area contributed by atoms with Crippen molar-refractivity contribution in [3.63, 3.8) is 0 Å². The van der Waals surface area contributed by atoms with Crippen LogP contribution >= 0.6 is 11.3 Å². The Bertz CT molecular complexity index is 447. The number of nitrogens with one attached hydrogen (secondary N) is 1. The topological polar surface area (TPSA) is 29.9 Å². The average Bonchev–Trinajstić information content (AvgIpc) is 2.98. The first-order chi connectivity index (χ1) is 8.22. The van der Waals surface area contributed by atoms with E-state index in [-0.39, 0.29) is 0 Å². The number of rotatable bonds is 5. The van der Waals surface area contributed by atoms with Gasteiger partial charge in [0.2, 0.25) is 0 Å². The number of thiophene rings is 1. The minimum absolute atomic E-state index is 0.456. The van der Waals surface area contributed by atoms with Crippen LogP contribution in [0.1, 0.15) is 26.3 Å². The van der Waals surface area contributed by atoms with E-state index in [0.29, 0.717) is 12.1 Å². The Kier molecular flexibility index (Phi) is 3.97. The van der Waals surface area contributed by atoms with Gasteiger partial charge in [-0.05, 0) is 38.8 Å². The molecule has 0 aromatic carbocycles. The summed E-state index contributed by atoms with van der Waals surface area (Å²) in [5.41, 5.74) is 0. The number of hydrogen-bond acceptors (Lipinski definition) is 3. The number of imidazole rings is 1. The summed E-state index contributed by atoms with van der Waals surface area (Å²) >= 11 is 1.74. The lowest BCUT2D eigenvalue weighted by molar-refractivity contribution is 0.434. The monoisotopic (exact) mass is 249 g/mol. The van der Waals surface area contributed by atoms with Gasteiger partial charge in [0.25, 0.3) is 0 Å². The van der Waals surface area contributed by atoms with Crippen molar-refractivity contribution in [2.24, 2.45) is 0 Å². The Balaban J connectivity index is 2.19. The molecule has 2 unspecified atom stereocenters. The number of nitrogens with zero attached hydrogens (tertiary/aromatic N) is 2. The zero-order chi connectivity index (χ0) is 12.3. The lowest BCUT2D eigenvalue weighted by atomic mass is 10.1. The van der Waals surface area contributed by atoms with E-state index in [1.54, 1.807) is 11.3 Å². The van der Waals surface area contributed by atoms with Crippen LogP contribution in [0.2, 0.25) is 0 Å². The quantitative estimate of drug-likeness (QED) is 0.882. The first-order valence-corrected chi connectivity index (χ1v) is 6.84. The summed E-state index contributed by atoms with van der Waals surface area (Å²) in [6, 6.07) is 5.16. The molecule has 2 heterocycles. The highest BCUT2D eigenvalue weighted by Crippen LogP contribution is 2.26. The maximum atomic E-state index is 4.47. The van der Waals surface area contributed by atoms with E-state index in [1.165, 1.54) is 4.88 Å². The van der Waals surface area contributed by atoms with Gasteiger partial charge in [-0.3, -0.25) is 0 Å². The van der Waals surface area contributed by atoms with Gasteiger partial charge < -0.3 is 9.88 Å². The molecule has 0 saturated carbocycles. The standard InChI is InChI=1S/C13H19N3S/c1-10(14-3)9-11(2)16-7-6-15-13(16)12-5-4-8-17-12/h4-8,10-11,14H,9H2,1-3H3. The van der Waals surface area contributed by atoms with Gasteiger partial charge in [-0.25, -0.2) is 4.98 Å². The second-order valence-corrected chi connectivity index (χ2v) is 5.36. The van der Waals surface area contributed by atoms with E-state index >= 15 is 0 Å². The minimum Gasteiger partial charge on any atom is -0.327 e. The third kappa shape index (κ3) is 2.76. The first-order valence-electron chi connectivity index (χ1n) is 5.96. The van der Waals surface area contributed by atoms with Crippen LogP contribution in [0.25, 0.3) is 10.7 Å². The molecule has 4 heteroatoms. The molecule has 2 aromatic heterocycles. The van der Waals surface area contributed by atoms with Crippen molar-refractivity contribution in [1.29, 1.82) is 0 Å². The molecule has 17 heavy (non-hydrogen) atoms. The largest absolute Gasteiger partial charge is 0.327 e. The normalized spacial score (nSPS) is 14.8. The predicted molar refractivity (Wildman–Crippen MR) is 73.4 cm³/mol. The summed E-state index contributed by atoms with van der Waals surface area (Å²) in [6.45, 7) is 4.45. The smallest absolute Gasteiger partial charge is 0.150 e. The molecule has 0 bridgehead atoms. The Labute approximate surface area is 107 Å². The van der Waals surface area contributed by atoms with Gasteiger partial charge in [0.1, 0.15) is 5.82 Å². The highest BCUT2D eigenvalue weighted by molar-refractivity contribution is 7.13. The van der Waals surface area contributed by atoms with E-state index < -0.39 is 0 Å². The molecule has 2 atom stereocenters. The second kappa shape index (κ2) is 5.47. The van der Waals surface area contributed by atoms with Gasteiger partial charge in [-0.15, -0.1) is 11.3 Å². The summed E-state index contributed by atoms with van der Waals surface area (Å²) in [5, 5.41) is 5.37. The Morgan fingerprint density at radius 2 is 2.29 bits per heavy atom. The van der Waals surface area contributed by atoms with E-state index in [2.05, 4.69) is 52.4 Å². The van der Waals surface area contributed by atoms with Crippen LogP contribution in [0.3, 0.4) is 0 Å². The van der Waals surface area contributed by atoms with Crippen LogP contribution in [0, 0.1) is 0 Å². The van der Waals surface area contributed by atoms with Gasteiger partial charge in [-0.2, -0.15) is 0 Å². The fourth-order valence-electron chi connectivity index (χ4n) is 2.01. The van der Waals surface area contributed by atoms with Crippen molar-refractivity contribution in [1.82, 2.24) is 14.9 Å². The van der Waals surface area contributed by atoms with Crippen LogP contribution in [-0.4, -0.2) is 22.6 Å². The molecule has 0 spiro atoms. The number of hydrogen-bond donors (Lipinski definition) is 1. The fourth-order valence-corrected chi connectivity index (χ4v) is 2.73. The van der Waals surface area contributed by atoms with Crippen molar-refractivity contribution < 1.29 is 0 Å². The van der Waals surface area contributed by atoms with E-state index in [9.17, 15) is 0 Å². The van der Waals surface area contributed by atoms with Gasteiger partial charge >= 0.3 is 0 Å². The Morgan fingerprint density at radius 3 is 2.94 bits per heavy atom. The predicted octanol–water partition coefficient (Wildman–Crippen LogP) is 3.17. The summed E-state index contributed by atoms with van der Waals surface area (Å²) in [6.07, 6.45) is 5.06. The van der Waals surface area contributed by atoms with Crippen molar-refractivity contribution in [3.8, 4) is 10.7 Å². The lowest BCUT2D eigenvalue weighted by Gasteiger charge is -2.19.